The zero-order chi connectivity index (χ0) is 13.3. The van der Waals surface area contributed by atoms with E-state index < -0.39 is 0 Å². The molecule has 96 valence electrons. The molecule has 3 nitrogen and oxygen atoms in total. The lowest BCUT2D eigenvalue weighted by Crippen LogP contribution is -2.19. The molecule has 0 aliphatic rings. The zero-order valence-corrected chi connectivity index (χ0v) is 11.8. The summed E-state index contributed by atoms with van der Waals surface area (Å²) in [5.74, 6) is 0. The minimum atomic E-state index is -0.306. The third-order valence-corrected chi connectivity index (χ3v) is 3.37. The molecular weight excluding hydrogens is 269 g/mol. The summed E-state index contributed by atoms with van der Waals surface area (Å²) < 4.78 is 1.90. The Balaban J connectivity index is 2.41. The van der Waals surface area contributed by atoms with E-state index >= 15 is 0 Å². The molecule has 0 aliphatic carbocycles. The molecule has 18 heavy (non-hydrogen) atoms. The number of nitrogens with two attached hydrogens (primary N) is 1. The summed E-state index contributed by atoms with van der Waals surface area (Å²) in [6, 6.07) is 7.21. The molecule has 1 heterocycles. The maximum Gasteiger partial charge on any atom is 0.0737 e. The standard InChI is InChI=1S/C13H15Cl2N3/c1-8(2)18-12(5-6-17-18)13(16)10-4-3-9(14)7-11(10)15/h3-8,13H,16H2,1-2H3. The molecule has 1 aromatic carbocycles. The van der Waals surface area contributed by atoms with Gasteiger partial charge in [-0.3, -0.25) is 4.68 Å². The number of aromatic nitrogens is 2. The Kier molecular flexibility index (Phi) is 3.95. The van der Waals surface area contributed by atoms with Crippen LogP contribution in [0.3, 0.4) is 0 Å². The molecule has 0 amide bonds. The van der Waals surface area contributed by atoms with Crippen LogP contribution in [0.15, 0.2) is 30.5 Å². The fraction of sp³-hybridized carbons (Fsp3) is 0.308. The topological polar surface area (TPSA) is 43.8 Å². The van der Waals surface area contributed by atoms with Crippen LogP contribution in [0.1, 0.15) is 37.2 Å². The quantitative estimate of drug-likeness (QED) is 0.931. The van der Waals surface area contributed by atoms with Gasteiger partial charge in [0.2, 0.25) is 0 Å². The molecule has 0 spiro atoms. The number of rotatable bonds is 3. The monoisotopic (exact) mass is 283 g/mol. The minimum Gasteiger partial charge on any atom is -0.319 e. The first-order chi connectivity index (χ1) is 8.50. The molecule has 2 aromatic rings. The Labute approximate surface area is 117 Å². The molecule has 0 bridgehead atoms. The van der Waals surface area contributed by atoms with E-state index in [1.165, 1.54) is 0 Å². The summed E-state index contributed by atoms with van der Waals surface area (Å²) in [4.78, 5) is 0. The van der Waals surface area contributed by atoms with E-state index in [1.807, 2.05) is 16.8 Å². The van der Waals surface area contributed by atoms with Crippen molar-refractivity contribution in [3.05, 3.63) is 51.8 Å². The second kappa shape index (κ2) is 5.31. The fourth-order valence-corrected chi connectivity index (χ4v) is 2.44. The number of hydrogen-bond acceptors (Lipinski definition) is 2. The van der Waals surface area contributed by atoms with Gasteiger partial charge in [-0.05, 0) is 37.6 Å². The third kappa shape index (κ3) is 2.53. The van der Waals surface area contributed by atoms with Gasteiger partial charge in [0.25, 0.3) is 0 Å². The highest BCUT2D eigenvalue weighted by atomic mass is 35.5. The first kappa shape index (κ1) is 13.4. The third-order valence-electron chi connectivity index (χ3n) is 2.81. The van der Waals surface area contributed by atoms with Crippen LogP contribution in [0.5, 0.6) is 0 Å². The van der Waals surface area contributed by atoms with Gasteiger partial charge in [0, 0.05) is 22.3 Å². The van der Waals surface area contributed by atoms with Crippen molar-refractivity contribution in [2.75, 3.05) is 0 Å². The van der Waals surface area contributed by atoms with E-state index in [2.05, 4.69) is 18.9 Å². The predicted molar refractivity (Wildman–Crippen MR) is 75.1 cm³/mol. The number of hydrogen-bond donors (Lipinski definition) is 1. The van der Waals surface area contributed by atoms with Crippen molar-refractivity contribution in [1.82, 2.24) is 9.78 Å². The van der Waals surface area contributed by atoms with E-state index in [4.69, 9.17) is 28.9 Å². The van der Waals surface area contributed by atoms with Crippen molar-refractivity contribution in [3.8, 4) is 0 Å². The van der Waals surface area contributed by atoms with Gasteiger partial charge in [0.05, 0.1) is 11.7 Å². The van der Waals surface area contributed by atoms with Crippen LogP contribution in [-0.2, 0) is 0 Å². The van der Waals surface area contributed by atoms with Crippen LogP contribution < -0.4 is 5.73 Å². The lowest BCUT2D eigenvalue weighted by molar-refractivity contribution is 0.499. The number of benzene rings is 1. The SMILES string of the molecule is CC(C)n1nccc1C(N)c1ccc(Cl)cc1Cl. The van der Waals surface area contributed by atoms with Gasteiger partial charge in [-0.2, -0.15) is 5.10 Å². The van der Waals surface area contributed by atoms with Gasteiger partial charge >= 0.3 is 0 Å². The van der Waals surface area contributed by atoms with Crippen LogP contribution in [0.4, 0.5) is 0 Å². The largest absolute Gasteiger partial charge is 0.319 e. The van der Waals surface area contributed by atoms with Gasteiger partial charge in [-0.15, -0.1) is 0 Å². The van der Waals surface area contributed by atoms with E-state index in [0.29, 0.717) is 10.0 Å². The molecule has 1 aromatic heterocycles. The molecule has 0 saturated carbocycles. The molecule has 2 rings (SSSR count). The van der Waals surface area contributed by atoms with E-state index in [-0.39, 0.29) is 12.1 Å². The van der Waals surface area contributed by atoms with Crippen LogP contribution in [0.2, 0.25) is 10.0 Å². The molecule has 1 unspecified atom stereocenters. The first-order valence-corrected chi connectivity index (χ1v) is 6.50. The Morgan fingerprint density at radius 2 is 1.94 bits per heavy atom. The summed E-state index contributed by atoms with van der Waals surface area (Å²) in [5.41, 5.74) is 8.05. The van der Waals surface area contributed by atoms with Gasteiger partial charge in [-0.25, -0.2) is 0 Å². The summed E-state index contributed by atoms with van der Waals surface area (Å²) >= 11 is 12.1. The fourth-order valence-electron chi connectivity index (χ4n) is 1.92. The van der Waals surface area contributed by atoms with Gasteiger partial charge in [-0.1, -0.05) is 29.3 Å². The molecule has 0 aliphatic heterocycles. The van der Waals surface area contributed by atoms with Crippen LogP contribution in [0.25, 0.3) is 0 Å². The highest BCUT2D eigenvalue weighted by Crippen LogP contribution is 2.29. The Morgan fingerprint density at radius 3 is 2.56 bits per heavy atom. The van der Waals surface area contributed by atoms with Crippen LogP contribution >= 0.6 is 23.2 Å². The zero-order valence-electron chi connectivity index (χ0n) is 10.3. The molecular formula is C13H15Cl2N3. The van der Waals surface area contributed by atoms with Crippen molar-refractivity contribution in [2.45, 2.75) is 25.9 Å². The highest BCUT2D eigenvalue weighted by Gasteiger charge is 2.18. The smallest absolute Gasteiger partial charge is 0.0737 e. The normalized spacial score (nSPS) is 13.0. The van der Waals surface area contributed by atoms with E-state index in [9.17, 15) is 0 Å². The van der Waals surface area contributed by atoms with Crippen molar-refractivity contribution in [2.24, 2.45) is 5.73 Å². The van der Waals surface area contributed by atoms with E-state index in [0.717, 1.165) is 11.3 Å². The first-order valence-electron chi connectivity index (χ1n) is 5.74. The molecule has 0 fully saturated rings. The maximum absolute atomic E-state index is 6.26. The summed E-state index contributed by atoms with van der Waals surface area (Å²) in [6.45, 7) is 4.12. The molecule has 0 radical (unpaired) electrons. The summed E-state index contributed by atoms with van der Waals surface area (Å²) in [7, 11) is 0. The summed E-state index contributed by atoms with van der Waals surface area (Å²) in [5, 5.41) is 5.46. The lowest BCUT2D eigenvalue weighted by Gasteiger charge is -2.18. The van der Waals surface area contributed by atoms with Crippen molar-refractivity contribution < 1.29 is 0 Å². The minimum absolute atomic E-state index is 0.257. The van der Waals surface area contributed by atoms with Crippen LogP contribution in [-0.4, -0.2) is 9.78 Å². The lowest BCUT2D eigenvalue weighted by atomic mass is 10.0. The predicted octanol–water partition coefficient (Wildman–Crippen LogP) is 3.82. The highest BCUT2D eigenvalue weighted by molar-refractivity contribution is 6.35. The Bertz CT molecular complexity index is 549. The molecule has 0 saturated heterocycles. The van der Waals surface area contributed by atoms with Gasteiger partial charge < -0.3 is 5.73 Å². The van der Waals surface area contributed by atoms with Crippen molar-refractivity contribution in [3.63, 3.8) is 0 Å². The number of halogens is 2. The maximum atomic E-state index is 6.26. The molecule has 1 atom stereocenters. The second-order valence-electron chi connectivity index (χ2n) is 4.44. The average molecular weight is 284 g/mol. The van der Waals surface area contributed by atoms with Gasteiger partial charge in [0.1, 0.15) is 0 Å². The Hall–Kier alpha value is -1.03. The summed E-state index contributed by atoms with van der Waals surface area (Å²) in [6.07, 6.45) is 1.75. The van der Waals surface area contributed by atoms with Crippen LogP contribution in [0, 0.1) is 0 Å². The second-order valence-corrected chi connectivity index (χ2v) is 5.28. The average Bonchev–Trinajstić information content (AvgIpc) is 2.77. The molecule has 5 heteroatoms. The van der Waals surface area contributed by atoms with Crippen molar-refractivity contribution in [1.29, 1.82) is 0 Å². The number of nitrogens with zero attached hydrogens (tertiary/aromatic N) is 2. The Morgan fingerprint density at radius 1 is 1.22 bits per heavy atom. The molecule has 2 N–H and O–H groups in total. The van der Waals surface area contributed by atoms with Crippen molar-refractivity contribution >= 4 is 23.2 Å². The van der Waals surface area contributed by atoms with Gasteiger partial charge in [0.15, 0.2) is 0 Å². The van der Waals surface area contributed by atoms with E-state index in [1.54, 1.807) is 18.3 Å².